The number of nitrogens with zero attached hydrogens (tertiary/aromatic N) is 1. The molecule has 13 heavy (non-hydrogen) atoms. The predicted molar refractivity (Wildman–Crippen MR) is 44.3 cm³/mol. The fraction of sp³-hybridized carbons (Fsp3) is 0.125. The molecule has 0 spiro atoms. The van der Waals surface area contributed by atoms with Crippen LogP contribution in [-0.4, -0.2) is 11.2 Å². The Balaban J connectivity index is 3.03. The lowest BCUT2D eigenvalue weighted by atomic mass is 10.2. The van der Waals surface area contributed by atoms with Gasteiger partial charge in [0.2, 0.25) is 0 Å². The van der Waals surface area contributed by atoms with Crippen molar-refractivity contribution in [2.24, 2.45) is 0 Å². The molecule has 70 valence electrons. The Kier molecular flexibility index (Phi) is 2.61. The van der Waals surface area contributed by atoms with Crippen LogP contribution in [0.15, 0.2) is 24.8 Å². The standard InChI is InChI=1S/C8H5ClF3N/c1-5(8(10,11)12)6-3-2-4-7(9)13-6/h2-4H,1H2. The monoisotopic (exact) mass is 207 g/mol. The minimum Gasteiger partial charge on any atom is -0.236 e. The molecule has 5 heteroatoms. The van der Waals surface area contributed by atoms with E-state index in [0.29, 0.717) is 0 Å². The zero-order valence-corrected chi connectivity index (χ0v) is 7.15. The summed E-state index contributed by atoms with van der Waals surface area (Å²) >= 11 is 5.42. The summed E-state index contributed by atoms with van der Waals surface area (Å²) in [5.74, 6) is 0. The van der Waals surface area contributed by atoms with Crippen molar-refractivity contribution in [2.45, 2.75) is 6.18 Å². The highest BCUT2D eigenvalue weighted by molar-refractivity contribution is 6.29. The normalized spacial score (nSPS) is 11.4. The van der Waals surface area contributed by atoms with Crippen LogP contribution in [-0.2, 0) is 0 Å². The van der Waals surface area contributed by atoms with Crippen LogP contribution in [0.25, 0.3) is 5.57 Å². The van der Waals surface area contributed by atoms with Crippen molar-refractivity contribution in [2.75, 3.05) is 0 Å². The minimum absolute atomic E-state index is 0.0166. The molecule has 0 N–H and O–H groups in total. The lowest BCUT2D eigenvalue weighted by Crippen LogP contribution is -2.10. The zero-order chi connectivity index (χ0) is 10.1. The van der Waals surface area contributed by atoms with Crippen molar-refractivity contribution in [1.82, 2.24) is 4.98 Å². The molecule has 0 bridgehead atoms. The van der Waals surface area contributed by atoms with Gasteiger partial charge < -0.3 is 0 Å². The van der Waals surface area contributed by atoms with E-state index in [2.05, 4.69) is 11.6 Å². The molecule has 0 amide bonds. The lowest BCUT2D eigenvalue weighted by Gasteiger charge is -2.08. The van der Waals surface area contributed by atoms with Crippen LogP contribution in [0.1, 0.15) is 5.69 Å². The van der Waals surface area contributed by atoms with Gasteiger partial charge in [0, 0.05) is 0 Å². The first-order chi connectivity index (χ1) is 5.91. The van der Waals surface area contributed by atoms with Crippen LogP contribution >= 0.6 is 11.6 Å². The molecular weight excluding hydrogens is 203 g/mol. The van der Waals surface area contributed by atoms with E-state index in [1.165, 1.54) is 18.2 Å². The Labute approximate surface area is 77.9 Å². The van der Waals surface area contributed by atoms with Gasteiger partial charge in [0.15, 0.2) is 0 Å². The van der Waals surface area contributed by atoms with Crippen molar-refractivity contribution in [3.8, 4) is 0 Å². The van der Waals surface area contributed by atoms with Crippen molar-refractivity contribution in [3.05, 3.63) is 35.6 Å². The highest BCUT2D eigenvalue weighted by Crippen LogP contribution is 2.31. The van der Waals surface area contributed by atoms with Gasteiger partial charge >= 0.3 is 6.18 Å². The molecule has 0 saturated carbocycles. The van der Waals surface area contributed by atoms with Crippen LogP contribution in [0.2, 0.25) is 5.15 Å². The Morgan fingerprint density at radius 1 is 1.38 bits per heavy atom. The number of alkyl halides is 3. The van der Waals surface area contributed by atoms with Gasteiger partial charge in [-0.25, -0.2) is 4.98 Å². The molecule has 1 aromatic rings. The summed E-state index contributed by atoms with van der Waals surface area (Å²) in [7, 11) is 0. The third-order valence-corrected chi connectivity index (χ3v) is 1.58. The molecule has 0 aliphatic rings. The molecule has 0 unspecified atom stereocenters. The number of allylic oxidation sites excluding steroid dienone is 1. The van der Waals surface area contributed by atoms with Gasteiger partial charge in [-0.15, -0.1) is 0 Å². The molecule has 0 fully saturated rings. The van der Waals surface area contributed by atoms with Gasteiger partial charge in [0.25, 0.3) is 0 Å². The SMILES string of the molecule is C=C(c1cccc(Cl)n1)C(F)(F)F. The second-order valence-electron chi connectivity index (χ2n) is 2.32. The number of hydrogen-bond donors (Lipinski definition) is 0. The van der Waals surface area contributed by atoms with Gasteiger partial charge in [-0.2, -0.15) is 13.2 Å². The third kappa shape index (κ3) is 2.45. The van der Waals surface area contributed by atoms with E-state index in [1.807, 2.05) is 0 Å². The summed E-state index contributed by atoms with van der Waals surface area (Å²) in [4.78, 5) is 3.49. The fourth-order valence-corrected chi connectivity index (χ4v) is 0.885. The topological polar surface area (TPSA) is 12.9 Å². The molecule has 0 aliphatic heterocycles. The van der Waals surface area contributed by atoms with Crippen LogP contribution < -0.4 is 0 Å². The maximum Gasteiger partial charge on any atom is 0.417 e. The molecule has 1 aromatic heterocycles. The highest BCUT2D eigenvalue weighted by atomic mass is 35.5. The molecule has 0 radical (unpaired) electrons. The third-order valence-electron chi connectivity index (χ3n) is 1.37. The van der Waals surface area contributed by atoms with Crippen LogP contribution in [0, 0.1) is 0 Å². The smallest absolute Gasteiger partial charge is 0.236 e. The Bertz CT molecular complexity index is 332. The predicted octanol–water partition coefficient (Wildman–Crippen LogP) is 3.31. The molecule has 0 aromatic carbocycles. The number of halogens is 4. The largest absolute Gasteiger partial charge is 0.417 e. The van der Waals surface area contributed by atoms with E-state index in [0.717, 1.165) is 0 Å². The van der Waals surface area contributed by atoms with E-state index in [1.54, 1.807) is 0 Å². The summed E-state index contributed by atoms with van der Waals surface area (Å²) < 4.78 is 36.3. The number of pyridine rings is 1. The number of hydrogen-bond acceptors (Lipinski definition) is 1. The second kappa shape index (κ2) is 3.38. The fourth-order valence-electron chi connectivity index (χ4n) is 0.722. The molecule has 1 rings (SSSR count). The van der Waals surface area contributed by atoms with Gasteiger partial charge in [0.05, 0.1) is 11.3 Å². The highest BCUT2D eigenvalue weighted by Gasteiger charge is 2.33. The summed E-state index contributed by atoms with van der Waals surface area (Å²) in [6, 6.07) is 4.00. The average Bonchev–Trinajstić information content (AvgIpc) is 2.01. The van der Waals surface area contributed by atoms with Gasteiger partial charge in [-0.05, 0) is 12.1 Å². The Morgan fingerprint density at radius 3 is 2.46 bits per heavy atom. The first kappa shape index (κ1) is 10.1. The first-order valence-corrected chi connectivity index (χ1v) is 3.68. The maximum atomic E-state index is 12.1. The molecule has 1 heterocycles. The summed E-state index contributed by atoms with van der Waals surface area (Å²) in [5, 5.41) is 0.0166. The van der Waals surface area contributed by atoms with E-state index in [4.69, 9.17) is 11.6 Å². The summed E-state index contributed by atoms with van der Waals surface area (Å²) in [6.07, 6.45) is -4.46. The molecule has 0 aliphatic carbocycles. The van der Waals surface area contributed by atoms with E-state index >= 15 is 0 Å². The minimum atomic E-state index is -4.46. The summed E-state index contributed by atoms with van der Waals surface area (Å²) in [5.41, 5.74) is -1.24. The summed E-state index contributed by atoms with van der Waals surface area (Å²) in [6.45, 7) is 2.89. The zero-order valence-electron chi connectivity index (χ0n) is 6.40. The molecule has 1 nitrogen and oxygen atoms in total. The van der Waals surface area contributed by atoms with Crippen LogP contribution in [0.3, 0.4) is 0 Å². The average molecular weight is 208 g/mol. The lowest BCUT2D eigenvalue weighted by molar-refractivity contribution is -0.0688. The quantitative estimate of drug-likeness (QED) is 0.644. The molecular formula is C8H5ClF3N. The van der Waals surface area contributed by atoms with Crippen molar-refractivity contribution in [3.63, 3.8) is 0 Å². The molecule has 0 saturated heterocycles. The Hall–Kier alpha value is -1.03. The van der Waals surface area contributed by atoms with E-state index in [-0.39, 0.29) is 10.8 Å². The first-order valence-electron chi connectivity index (χ1n) is 3.30. The van der Waals surface area contributed by atoms with Crippen LogP contribution in [0.4, 0.5) is 13.2 Å². The van der Waals surface area contributed by atoms with Gasteiger partial charge in [-0.1, -0.05) is 24.2 Å². The number of aromatic nitrogens is 1. The van der Waals surface area contributed by atoms with Crippen LogP contribution in [0.5, 0.6) is 0 Å². The van der Waals surface area contributed by atoms with Crippen molar-refractivity contribution < 1.29 is 13.2 Å². The maximum absolute atomic E-state index is 12.1. The Morgan fingerprint density at radius 2 is 2.00 bits per heavy atom. The van der Waals surface area contributed by atoms with Gasteiger partial charge in [-0.3, -0.25) is 0 Å². The second-order valence-corrected chi connectivity index (χ2v) is 2.71. The van der Waals surface area contributed by atoms with Crippen molar-refractivity contribution in [1.29, 1.82) is 0 Å². The molecule has 0 atom stereocenters. The van der Waals surface area contributed by atoms with E-state index < -0.39 is 11.7 Å². The van der Waals surface area contributed by atoms with E-state index in [9.17, 15) is 13.2 Å². The van der Waals surface area contributed by atoms with Crippen molar-refractivity contribution >= 4 is 17.2 Å². The van der Waals surface area contributed by atoms with Gasteiger partial charge in [0.1, 0.15) is 5.15 Å². The number of rotatable bonds is 1.